The van der Waals surface area contributed by atoms with Crippen LogP contribution in [0.5, 0.6) is 0 Å². The zero-order valence-electron chi connectivity index (χ0n) is 9.60. The molecule has 0 aromatic carbocycles. The second-order valence-corrected chi connectivity index (χ2v) is 4.68. The number of rotatable bonds is 3. The largest absolute Gasteiger partial charge is 0.396 e. The Balaban J connectivity index is 2.23. The van der Waals surface area contributed by atoms with E-state index in [4.69, 9.17) is 10.6 Å². The summed E-state index contributed by atoms with van der Waals surface area (Å²) >= 11 is 1.61. The summed E-state index contributed by atoms with van der Waals surface area (Å²) in [5.41, 5.74) is 7.20. The molecule has 1 aromatic rings. The smallest absolute Gasteiger partial charge is 0.312 e. The monoisotopic (exact) mass is 253 g/mol. The number of thiophene rings is 1. The maximum Gasteiger partial charge on any atom is 0.312 e. The maximum atomic E-state index is 10.9. The SMILES string of the molecule is CCO/N=C1/CCC(NC(N)=O)c2ccsc21. The number of urea groups is 1. The molecule has 0 saturated carbocycles. The summed E-state index contributed by atoms with van der Waals surface area (Å²) in [6.07, 6.45) is 1.59. The second kappa shape index (κ2) is 5.18. The Morgan fingerprint density at radius 1 is 1.76 bits per heavy atom. The quantitative estimate of drug-likeness (QED) is 0.808. The third kappa shape index (κ3) is 2.58. The van der Waals surface area contributed by atoms with Gasteiger partial charge in [0.05, 0.1) is 16.6 Å². The van der Waals surface area contributed by atoms with Crippen LogP contribution >= 0.6 is 11.3 Å². The first-order chi connectivity index (χ1) is 8.22. The van der Waals surface area contributed by atoms with Crippen molar-refractivity contribution in [3.8, 4) is 0 Å². The zero-order valence-corrected chi connectivity index (χ0v) is 10.4. The summed E-state index contributed by atoms with van der Waals surface area (Å²) in [7, 11) is 0. The lowest BCUT2D eigenvalue weighted by Gasteiger charge is -2.23. The number of hydrogen-bond acceptors (Lipinski definition) is 4. The van der Waals surface area contributed by atoms with Gasteiger partial charge in [0.15, 0.2) is 0 Å². The van der Waals surface area contributed by atoms with Crippen LogP contribution in [0.15, 0.2) is 16.6 Å². The lowest BCUT2D eigenvalue weighted by molar-refractivity contribution is 0.158. The summed E-state index contributed by atoms with van der Waals surface area (Å²) in [6.45, 7) is 2.47. The number of oxime groups is 1. The Kier molecular flexibility index (Phi) is 3.63. The normalized spacial score (nSPS) is 21.0. The van der Waals surface area contributed by atoms with Crippen molar-refractivity contribution in [1.29, 1.82) is 0 Å². The molecule has 1 aliphatic carbocycles. The first-order valence-electron chi connectivity index (χ1n) is 5.55. The highest BCUT2D eigenvalue weighted by Gasteiger charge is 2.26. The average molecular weight is 253 g/mol. The van der Waals surface area contributed by atoms with Gasteiger partial charge in [0.2, 0.25) is 0 Å². The molecule has 3 N–H and O–H groups in total. The minimum atomic E-state index is -0.489. The van der Waals surface area contributed by atoms with Crippen LogP contribution in [-0.2, 0) is 4.84 Å². The molecule has 2 amide bonds. The molecule has 1 atom stereocenters. The highest BCUT2D eigenvalue weighted by Crippen LogP contribution is 2.33. The number of amides is 2. The van der Waals surface area contributed by atoms with E-state index in [0.717, 1.165) is 29.0 Å². The third-order valence-electron chi connectivity index (χ3n) is 2.62. The molecule has 0 spiro atoms. The van der Waals surface area contributed by atoms with Crippen molar-refractivity contribution in [1.82, 2.24) is 5.32 Å². The van der Waals surface area contributed by atoms with Crippen LogP contribution in [-0.4, -0.2) is 18.3 Å². The summed E-state index contributed by atoms with van der Waals surface area (Å²) in [6, 6.07) is 1.51. The number of nitrogens with two attached hydrogens (primary N) is 1. The molecule has 1 aromatic heterocycles. The van der Waals surface area contributed by atoms with E-state index < -0.39 is 6.03 Å². The van der Waals surface area contributed by atoms with Gasteiger partial charge in [0.1, 0.15) is 6.61 Å². The predicted octanol–water partition coefficient (Wildman–Crippen LogP) is 1.99. The van der Waals surface area contributed by atoms with E-state index in [1.165, 1.54) is 0 Å². The Labute approximate surface area is 104 Å². The summed E-state index contributed by atoms with van der Waals surface area (Å²) in [5, 5.41) is 8.86. The van der Waals surface area contributed by atoms with E-state index in [1.54, 1.807) is 11.3 Å². The van der Waals surface area contributed by atoms with Crippen molar-refractivity contribution in [2.45, 2.75) is 25.8 Å². The lowest BCUT2D eigenvalue weighted by Crippen LogP contribution is -2.35. The van der Waals surface area contributed by atoms with Gasteiger partial charge in [-0.25, -0.2) is 4.79 Å². The van der Waals surface area contributed by atoms with Crippen LogP contribution in [0.3, 0.4) is 0 Å². The molecule has 17 heavy (non-hydrogen) atoms. The molecule has 1 unspecified atom stereocenters. The fourth-order valence-electron chi connectivity index (χ4n) is 1.93. The van der Waals surface area contributed by atoms with Gasteiger partial charge in [0.25, 0.3) is 0 Å². The molecule has 5 nitrogen and oxygen atoms in total. The van der Waals surface area contributed by atoms with Crippen molar-refractivity contribution in [3.05, 3.63) is 21.9 Å². The van der Waals surface area contributed by atoms with Gasteiger partial charge in [-0.1, -0.05) is 5.16 Å². The van der Waals surface area contributed by atoms with E-state index in [1.807, 2.05) is 18.4 Å². The van der Waals surface area contributed by atoms with Gasteiger partial charge in [-0.15, -0.1) is 11.3 Å². The van der Waals surface area contributed by atoms with Gasteiger partial charge in [-0.05, 0) is 36.8 Å². The van der Waals surface area contributed by atoms with Gasteiger partial charge < -0.3 is 15.9 Å². The predicted molar refractivity (Wildman–Crippen MR) is 67.2 cm³/mol. The Morgan fingerprint density at radius 3 is 3.29 bits per heavy atom. The van der Waals surface area contributed by atoms with Gasteiger partial charge >= 0.3 is 6.03 Å². The standard InChI is InChI=1S/C11H15N3O2S/c1-2-16-14-9-4-3-8(13-11(12)15)7-5-6-17-10(7)9/h5-6,8H,2-4H2,1H3,(H3,12,13,15)/b14-9-. The van der Waals surface area contributed by atoms with Crippen molar-refractivity contribution in [2.24, 2.45) is 10.9 Å². The zero-order chi connectivity index (χ0) is 12.3. The van der Waals surface area contributed by atoms with Crippen LogP contribution in [0.1, 0.15) is 36.2 Å². The van der Waals surface area contributed by atoms with Crippen LogP contribution in [0, 0.1) is 0 Å². The second-order valence-electron chi connectivity index (χ2n) is 3.76. The molecule has 0 bridgehead atoms. The topological polar surface area (TPSA) is 76.7 Å². The number of carbonyl (C=O) groups excluding carboxylic acids is 1. The number of primary amides is 1. The molecule has 0 fully saturated rings. The first-order valence-corrected chi connectivity index (χ1v) is 6.43. The molecular weight excluding hydrogens is 238 g/mol. The molecule has 1 heterocycles. The molecule has 0 saturated heterocycles. The fraction of sp³-hybridized carbons (Fsp3) is 0.455. The van der Waals surface area contributed by atoms with Gasteiger partial charge in [-0.3, -0.25) is 0 Å². The number of fused-ring (bicyclic) bond motifs is 1. The molecule has 6 heteroatoms. The highest BCUT2D eigenvalue weighted by atomic mass is 32.1. The van der Waals surface area contributed by atoms with Gasteiger partial charge in [-0.2, -0.15) is 0 Å². The van der Waals surface area contributed by atoms with Crippen LogP contribution in [0.2, 0.25) is 0 Å². The van der Waals surface area contributed by atoms with Crippen molar-refractivity contribution in [3.63, 3.8) is 0 Å². The van der Waals surface area contributed by atoms with Crippen molar-refractivity contribution >= 4 is 23.1 Å². The van der Waals surface area contributed by atoms with Crippen molar-refractivity contribution < 1.29 is 9.63 Å². The molecular formula is C11H15N3O2S. The van der Waals surface area contributed by atoms with E-state index in [2.05, 4.69) is 10.5 Å². The number of hydrogen-bond donors (Lipinski definition) is 2. The molecule has 0 aliphatic heterocycles. The van der Waals surface area contributed by atoms with Crippen LogP contribution in [0.4, 0.5) is 4.79 Å². The summed E-state index contributed by atoms with van der Waals surface area (Å²) in [5.74, 6) is 0. The molecule has 2 rings (SSSR count). The lowest BCUT2D eigenvalue weighted by atomic mass is 9.93. The Hall–Kier alpha value is -1.56. The Bertz CT molecular complexity index is 442. The molecule has 0 radical (unpaired) electrons. The Morgan fingerprint density at radius 2 is 2.59 bits per heavy atom. The van der Waals surface area contributed by atoms with Crippen molar-refractivity contribution in [2.75, 3.05) is 6.61 Å². The van der Waals surface area contributed by atoms with E-state index in [0.29, 0.717) is 6.61 Å². The van der Waals surface area contributed by atoms with Gasteiger partial charge in [0, 0.05) is 0 Å². The van der Waals surface area contributed by atoms with Crippen LogP contribution in [0.25, 0.3) is 0 Å². The van der Waals surface area contributed by atoms with E-state index in [9.17, 15) is 4.79 Å². The average Bonchev–Trinajstić information content (AvgIpc) is 2.77. The maximum absolute atomic E-state index is 10.9. The first kappa shape index (κ1) is 11.9. The number of carbonyl (C=O) groups is 1. The molecule has 1 aliphatic rings. The highest BCUT2D eigenvalue weighted by molar-refractivity contribution is 7.12. The number of nitrogens with zero attached hydrogens (tertiary/aromatic N) is 1. The minimum Gasteiger partial charge on any atom is -0.396 e. The number of nitrogens with one attached hydrogen (secondary N) is 1. The summed E-state index contributed by atoms with van der Waals surface area (Å²) in [4.78, 5) is 17.1. The fourth-order valence-corrected chi connectivity index (χ4v) is 2.90. The van der Waals surface area contributed by atoms with E-state index in [-0.39, 0.29) is 6.04 Å². The minimum absolute atomic E-state index is 0.00525. The van der Waals surface area contributed by atoms with E-state index >= 15 is 0 Å². The molecule has 92 valence electrons. The van der Waals surface area contributed by atoms with Crippen LogP contribution < -0.4 is 11.1 Å². The third-order valence-corrected chi connectivity index (χ3v) is 3.60. The summed E-state index contributed by atoms with van der Waals surface area (Å²) < 4.78 is 0.